The van der Waals surface area contributed by atoms with E-state index in [-0.39, 0.29) is 11.8 Å². The first-order valence-corrected chi connectivity index (χ1v) is 7.63. The molecule has 1 amide bonds. The van der Waals surface area contributed by atoms with Crippen LogP contribution in [0.25, 0.3) is 0 Å². The highest BCUT2D eigenvalue weighted by Crippen LogP contribution is 2.23. The number of hydrogen-bond donors (Lipinski definition) is 0. The second-order valence-electron chi connectivity index (χ2n) is 5.85. The first-order chi connectivity index (χ1) is 10.2. The van der Waals surface area contributed by atoms with Crippen molar-refractivity contribution in [1.82, 2.24) is 4.90 Å². The van der Waals surface area contributed by atoms with E-state index in [2.05, 4.69) is 43.3 Å². The third-order valence-electron chi connectivity index (χ3n) is 4.33. The van der Waals surface area contributed by atoms with E-state index in [0.717, 1.165) is 19.5 Å². The number of fused-ring (bicyclic) bond motifs is 1. The summed E-state index contributed by atoms with van der Waals surface area (Å²) in [4.78, 5) is 14.5. The fourth-order valence-electron chi connectivity index (χ4n) is 3.00. The maximum absolute atomic E-state index is 12.5. The molecule has 1 aliphatic heterocycles. The predicted octanol–water partition coefficient (Wildman–Crippen LogP) is 3.77. The van der Waals surface area contributed by atoms with Gasteiger partial charge >= 0.3 is 0 Å². The number of carbonyl (C=O) groups is 1. The number of hydrogen-bond acceptors (Lipinski definition) is 1. The molecule has 0 spiro atoms. The highest BCUT2D eigenvalue weighted by atomic mass is 16.2. The van der Waals surface area contributed by atoms with Crippen LogP contribution in [-0.2, 0) is 17.8 Å². The molecular weight excluding hydrogens is 258 g/mol. The summed E-state index contributed by atoms with van der Waals surface area (Å²) in [6, 6.07) is 18.7. The van der Waals surface area contributed by atoms with E-state index in [9.17, 15) is 4.79 Å². The van der Waals surface area contributed by atoms with Crippen molar-refractivity contribution in [3.63, 3.8) is 0 Å². The maximum atomic E-state index is 12.5. The van der Waals surface area contributed by atoms with Crippen LogP contribution in [0.1, 0.15) is 36.0 Å². The molecule has 2 heteroatoms. The van der Waals surface area contributed by atoms with Gasteiger partial charge in [-0.2, -0.15) is 0 Å². The van der Waals surface area contributed by atoms with Crippen molar-refractivity contribution in [2.45, 2.75) is 32.2 Å². The molecule has 0 saturated carbocycles. The molecule has 0 saturated heterocycles. The van der Waals surface area contributed by atoms with Gasteiger partial charge in [-0.25, -0.2) is 0 Å². The minimum Gasteiger partial charge on any atom is -0.338 e. The van der Waals surface area contributed by atoms with Crippen molar-refractivity contribution in [3.8, 4) is 0 Å². The van der Waals surface area contributed by atoms with E-state index < -0.39 is 0 Å². The zero-order valence-electron chi connectivity index (χ0n) is 12.5. The van der Waals surface area contributed by atoms with Gasteiger partial charge in [0.2, 0.25) is 5.91 Å². The summed E-state index contributed by atoms with van der Waals surface area (Å²) >= 11 is 0. The van der Waals surface area contributed by atoms with Gasteiger partial charge in [0.15, 0.2) is 0 Å². The van der Waals surface area contributed by atoms with Crippen molar-refractivity contribution in [2.75, 3.05) is 6.54 Å². The van der Waals surface area contributed by atoms with Gasteiger partial charge in [-0.3, -0.25) is 4.79 Å². The molecule has 0 radical (unpaired) electrons. The largest absolute Gasteiger partial charge is 0.338 e. The van der Waals surface area contributed by atoms with E-state index in [4.69, 9.17) is 0 Å². The summed E-state index contributed by atoms with van der Waals surface area (Å²) in [5, 5.41) is 0. The molecule has 2 nitrogen and oxygen atoms in total. The molecule has 2 aromatic carbocycles. The van der Waals surface area contributed by atoms with Crippen molar-refractivity contribution < 1.29 is 4.79 Å². The van der Waals surface area contributed by atoms with Gasteiger partial charge < -0.3 is 4.90 Å². The molecule has 2 aromatic rings. The molecule has 0 fully saturated rings. The van der Waals surface area contributed by atoms with Crippen molar-refractivity contribution in [3.05, 3.63) is 71.3 Å². The summed E-state index contributed by atoms with van der Waals surface area (Å²) < 4.78 is 0. The van der Waals surface area contributed by atoms with E-state index in [1.54, 1.807) is 0 Å². The SMILES string of the molecule is C[C@@H](CC(=O)N1CCc2ccccc2C1)c1ccccc1. The highest BCUT2D eigenvalue weighted by molar-refractivity contribution is 5.77. The van der Waals surface area contributed by atoms with E-state index in [1.807, 2.05) is 23.1 Å². The molecule has 3 rings (SSSR count). The number of rotatable bonds is 3. The van der Waals surface area contributed by atoms with Crippen LogP contribution in [-0.4, -0.2) is 17.4 Å². The van der Waals surface area contributed by atoms with Crippen molar-refractivity contribution in [2.24, 2.45) is 0 Å². The van der Waals surface area contributed by atoms with Gasteiger partial charge in [0.1, 0.15) is 0 Å². The number of benzene rings is 2. The van der Waals surface area contributed by atoms with Crippen LogP contribution in [0.4, 0.5) is 0 Å². The molecule has 108 valence electrons. The second kappa shape index (κ2) is 6.13. The quantitative estimate of drug-likeness (QED) is 0.837. The Bertz CT molecular complexity index is 620. The minimum atomic E-state index is 0.265. The number of amides is 1. The Kier molecular flexibility index (Phi) is 4.05. The number of carbonyl (C=O) groups excluding carboxylic acids is 1. The van der Waals surface area contributed by atoms with Gasteiger partial charge in [0.25, 0.3) is 0 Å². The van der Waals surface area contributed by atoms with Gasteiger partial charge in [-0.15, -0.1) is 0 Å². The molecule has 1 atom stereocenters. The van der Waals surface area contributed by atoms with Crippen LogP contribution >= 0.6 is 0 Å². The third-order valence-corrected chi connectivity index (χ3v) is 4.33. The van der Waals surface area contributed by atoms with Crippen LogP contribution in [0.3, 0.4) is 0 Å². The zero-order valence-corrected chi connectivity index (χ0v) is 12.5. The average Bonchev–Trinajstić information content (AvgIpc) is 2.55. The van der Waals surface area contributed by atoms with E-state index >= 15 is 0 Å². The van der Waals surface area contributed by atoms with Gasteiger partial charge in [-0.05, 0) is 29.0 Å². The zero-order chi connectivity index (χ0) is 14.7. The van der Waals surface area contributed by atoms with E-state index in [0.29, 0.717) is 6.42 Å². The molecule has 0 aliphatic carbocycles. The van der Waals surface area contributed by atoms with Crippen LogP contribution in [0, 0.1) is 0 Å². The summed E-state index contributed by atoms with van der Waals surface area (Å²) in [6.07, 6.45) is 1.56. The lowest BCUT2D eigenvalue weighted by atomic mass is 9.95. The summed E-state index contributed by atoms with van der Waals surface area (Å²) in [6.45, 7) is 3.74. The van der Waals surface area contributed by atoms with Crippen LogP contribution in [0.5, 0.6) is 0 Å². The summed E-state index contributed by atoms with van der Waals surface area (Å²) in [5.41, 5.74) is 3.92. The Balaban J connectivity index is 1.65. The molecule has 0 aromatic heterocycles. The normalized spacial score (nSPS) is 15.4. The Hall–Kier alpha value is -2.09. The average molecular weight is 279 g/mol. The third kappa shape index (κ3) is 3.15. The van der Waals surface area contributed by atoms with Crippen molar-refractivity contribution in [1.29, 1.82) is 0 Å². The monoisotopic (exact) mass is 279 g/mol. The fraction of sp³-hybridized carbons (Fsp3) is 0.316. The lowest BCUT2D eigenvalue weighted by Crippen LogP contribution is -2.36. The highest BCUT2D eigenvalue weighted by Gasteiger charge is 2.22. The molecule has 1 heterocycles. The van der Waals surface area contributed by atoms with Crippen molar-refractivity contribution >= 4 is 5.91 Å². The smallest absolute Gasteiger partial charge is 0.223 e. The van der Waals surface area contributed by atoms with E-state index in [1.165, 1.54) is 16.7 Å². The Morgan fingerprint density at radius 2 is 1.71 bits per heavy atom. The lowest BCUT2D eigenvalue weighted by Gasteiger charge is -2.29. The lowest BCUT2D eigenvalue weighted by molar-refractivity contribution is -0.132. The molecule has 0 unspecified atom stereocenters. The minimum absolute atomic E-state index is 0.265. The standard InChI is InChI=1S/C19H21NO/c1-15(16-7-3-2-4-8-16)13-19(21)20-12-11-17-9-5-6-10-18(17)14-20/h2-10,15H,11-14H2,1H3/t15-/m0/s1. The fourth-order valence-corrected chi connectivity index (χ4v) is 3.00. The maximum Gasteiger partial charge on any atom is 0.223 e. The molecular formula is C19H21NO. The summed E-state index contributed by atoms with van der Waals surface area (Å²) in [7, 11) is 0. The Morgan fingerprint density at radius 1 is 1.05 bits per heavy atom. The Morgan fingerprint density at radius 3 is 2.48 bits per heavy atom. The predicted molar refractivity (Wildman–Crippen MR) is 85.0 cm³/mol. The number of nitrogens with zero attached hydrogens (tertiary/aromatic N) is 1. The van der Waals surface area contributed by atoms with Gasteiger partial charge in [0.05, 0.1) is 0 Å². The van der Waals surface area contributed by atoms with Crippen LogP contribution in [0.15, 0.2) is 54.6 Å². The van der Waals surface area contributed by atoms with Crippen LogP contribution < -0.4 is 0 Å². The topological polar surface area (TPSA) is 20.3 Å². The second-order valence-corrected chi connectivity index (χ2v) is 5.85. The first kappa shape index (κ1) is 13.9. The molecule has 1 aliphatic rings. The molecule has 21 heavy (non-hydrogen) atoms. The first-order valence-electron chi connectivity index (χ1n) is 7.63. The Labute approximate surface area is 126 Å². The molecule has 0 N–H and O–H groups in total. The van der Waals surface area contributed by atoms with Gasteiger partial charge in [-0.1, -0.05) is 61.5 Å². The summed E-state index contributed by atoms with van der Waals surface area (Å²) in [5.74, 6) is 0.539. The molecule has 0 bridgehead atoms. The van der Waals surface area contributed by atoms with Crippen LogP contribution in [0.2, 0.25) is 0 Å². The van der Waals surface area contributed by atoms with Gasteiger partial charge in [0, 0.05) is 19.5 Å².